The zero-order valence-electron chi connectivity index (χ0n) is 18.8. The molecule has 2 aliphatic rings. The van der Waals surface area contributed by atoms with E-state index in [2.05, 4.69) is 11.2 Å². The van der Waals surface area contributed by atoms with Gasteiger partial charge in [0.1, 0.15) is 5.60 Å². The van der Waals surface area contributed by atoms with E-state index in [-0.39, 0.29) is 12.4 Å². The van der Waals surface area contributed by atoms with Crippen LogP contribution in [0.15, 0.2) is 12.3 Å². The second-order valence-electron chi connectivity index (χ2n) is 8.37. The molecule has 1 saturated carbocycles. The van der Waals surface area contributed by atoms with Crippen molar-refractivity contribution in [2.45, 2.75) is 85.2 Å². The van der Waals surface area contributed by atoms with Gasteiger partial charge in [0.15, 0.2) is 6.19 Å². The first-order chi connectivity index (χ1) is 13.7. The Bertz CT molecular complexity index is 652. The molecule has 0 aromatic carbocycles. The molecule has 2 heterocycles. The standard InChI is InChI=1S/C14H21NO3.C6H10N2.C3H6/c1-6-17-13-10(2)7-11(9-15-13)8-12(16)18-14(3,4)5;7-6-8-4-2-1-3-5-8;1-2-3-1/h7,9H,6,8H2,1-5H3;1-5H2;1-3H2. The van der Waals surface area contributed by atoms with Crippen LogP contribution in [0, 0.1) is 18.4 Å². The molecule has 0 unspecified atom stereocenters. The number of rotatable bonds is 4. The van der Waals surface area contributed by atoms with Crippen LogP contribution >= 0.6 is 0 Å². The summed E-state index contributed by atoms with van der Waals surface area (Å²) in [7, 11) is 0. The van der Waals surface area contributed by atoms with Crippen molar-refractivity contribution in [3.63, 3.8) is 0 Å². The maximum absolute atomic E-state index is 11.7. The fourth-order valence-corrected chi connectivity index (χ4v) is 2.54. The van der Waals surface area contributed by atoms with Crippen LogP contribution in [-0.2, 0) is 16.0 Å². The number of piperidine rings is 1. The monoisotopic (exact) mass is 403 g/mol. The summed E-state index contributed by atoms with van der Waals surface area (Å²) < 4.78 is 10.6. The summed E-state index contributed by atoms with van der Waals surface area (Å²) in [6, 6.07) is 1.90. The molecule has 3 rings (SSSR count). The summed E-state index contributed by atoms with van der Waals surface area (Å²) >= 11 is 0. The number of aromatic nitrogens is 1. The van der Waals surface area contributed by atoms with Crippen LogP contribution in [0.1, 0.15) is 77.3 Å². The third kappa shape index (κ3) is 12.7. The summed E-state index contributed by atoms with van der Waals surface area (Å²) in [6.45, 7) is 11.9. The largest absolute Gasteiger partial charge is 0.478 e. The van der Waals surface area contributed by atoms with Gasteiger partial charge >= 0.3 is 5.97 Å². The topological polar surface area (TPSA) is 75.5 Å². The number of esters is 1. The Kier molecular flexibility index (Phi) is 11.1. The number of likely N-dealkylation sites (tertiary alicyclic amines) is 1. The molecular weight excluding hydrogens is 366 g/mol. The molecule has 0 bridgehead atoms. The maximum Gasteiger partial charge on any atom is 0.310 e. The van der Waals surface area contributed by atoms with Crippen molar-refractivity contribution in [1.29, 1.82) is 5.26 Å². The number of pyridine rings is 1. The van der Waals surface area contributed by atoms with Crippen molar-refractivity contribution in [1.82, 2.24) is 9.88 Å². The Morgan fingerprint density at radius 2 is 1.76 bits per heavy atom. The van der Waals surface area contributed by atoms with Crippen molar-refractivity contribution in [3.8, 4) is 12.1 Å². The molecule has 6 heteroatoms. The van der Waals surface area contributed by atoms with Crippen LogP contribution in [0.2, 0.25) is 0 Å². The van der Waals surface area contributed by atoms with Gasteiger partial charge in [0.25, 0.3) is 0 Å². The van der Waals surface area contributed by atoms with Gasteiger partial charge in [0, 0.05) is 24.8 Å². The first-order valence-corrected chi connectivity index (χ1v) is 10.7. The lowest BCUT2D eigenvalue weighted by Gasteiger charge is -2.19. The zero-order valence-corrected chi connectivity index (χ0v) is 18.8. The Labute approximate surface area is 176 Å². The van der Waals surface area contributed by atoms with Gasteiger partial charge in [-0.25, -0.2) is 4.98 Å². The quantitative estimate of drug-likeness (QED) is 0.531. The molecule has 1 aromatic heterocycles. The van der Waals surface area contributed by atoms with Gasteiger partial charge < -0.3 is 14.4 Å². The highest BCUT2D eigenvalue weighted by atomic mass is 16.6. The number of aryl methyl sites for hydroxylation is 1. The van der Waals surface area contributed by atoms with Crippen LogP contribution in [-0.4, -0.2) is 41.2 Å². The average Bonchev–Trinajstić information content (AvgIpc) is 3.53. The van der Waals surface area contributed by atoms with E-state index in [1.165, 1.54) is 38.5 Å². The van der Waals surface area contributed by atoms with Crippen LogP contribution in [0.3, 0.4) is 0 Å². The van der Waals surface area contributed by atoms with Gasteiger partial charge in [0.05, 0.1) is 13.0 Å². The molecule has 2 fully saturated rings. The lowest BCUT2D eigenvalue weighted by Crippen LogP contribution is -2.25. The van der Waals surface area contributed by atoms with Gasteiger partial charge in [-0.15, -0.1) is 0 Å². The van der Waals surface area contributed by atoms with Crippen molar-refractivity contribution >= 4 is 5.97 Å². The fourth-order valence-electron chi connectivity index (χ4n) is 2.54. The van der Waals surface area contributed by atoms with Crippen LogP contribution in [0.4, 0.5) is 0 Å². The molecule has 1 aromatic rings. The first kappa shape index (κ1) is 24.7. The fraction of sp³-hybridized carbons (Fsp3) is 0.696. The highest BCUT2D eigenvalue weighted by Gasteiger charge is 2.17. The molecule has 1 aliphatic carbocycles. The van der Waals surface area contributed by atoms with Crippen molar-refractivity contribution in [3.05, 3.63) is 23.4 Å². The molecule has 1 saturated heterocycles. The van der Waals surface area contributed by atoms with E-state index in [9.17, 15) is 4.79 Å². The molecule has 6 nitrogen and oxygen atoms in total. The van der Waals surface area contributed by atoms with Gasteiger partial charge in [0.2, 0.25) is 5.88 Å². The molecule has 1 aliphatic heterocycles. The number of hydrogen-bond acceptors (Lipinski definition) is 6. The summed E-state index contributed by atoms with van der Waals surface area (Å²) in [5, 5.41) is 8.37. The van der Waals surface area contributed by atoms with Crippen molar-refractivity contribution < 1.29 is 14.3 Å². The molecule has 29 heavy (non-hydrogen) atoms. The number of hydrogen-bond donors (Lipinski definition) is 0. The van der Waals surface area contributed by atoms with Crippen LogP contribution in [0.5, 0.6) is 5.88 Å². The van der Waals surface area contributed by atoms with Crippen LogP contribution < -0.4 is 4.74 Å². The zero-order chi connectivity index (χ0) is 21.7. The van der Waals surface area contributed by atoms with E-state index < -0.39 is 5.60 Å². The van der Waals surface area contributed by atoms with Gasteiger partial charge in [-0.05, 0) is 65.5 Å². The Morgan fingerprint density at radius 1 is 1.17 bits per heavy atom. The van der Waals surface area contributed by atoms with E-state index in [4.69, 9.17) is 14.7 Å². The number of nitriles is 1. The molecule has 0 radical (unpaired) electrons. The van der Waals surface area contributed by atoms with Gasteiger partial charge in [-0.3, -0.25) is 4.79 Å². The van der Waals surface area contributed by atoms with E-state index >= 15 is 0 Å². The smallest absolute Gasteiger partial charge is 0.310 e. The second kappa shape index (κ2) is 13.0. The second-order valence-corrected chi connectivity index (χ2v) is 8.37. The van der Waals surface area contributed by atoms with Crippen LogP contribution in [0.25, 0.3) is 0 Å². The summed E-state index contributed by atoms with van der Waals surface area (Å²) in [4.78, 5) is 17.7. The molecule has 162 valence electrons. The number of carbonyl (C=O) groups is 1. The Morgan fingerprint density at radius 3 is 2.17 bits per heavy atom. The lowest BCUT2D eigenvalue weighted by molar-refractivity contribution is -0.153. The molecule has 0 amide bonds. The third-order valence-electron chi connectivity index (χ3n) is 3.99. The SMILES string of the molecule is C1CC1.CCOc1ncc(CC(=O)OC(C)(C)C)cc1C.N#CN1CCCCC1. The number of ether oxygens (including phenoxy) is 2. The summed E-state index contributed by atoms with van der Waals surface area (Å²) in [5.74, 6) is 0.373. The first-order valence-electron chi connectivity index (χ1n) is 10.7. The summed E-state index contributed by atoms with van der Waals surface area (Å²) in [5.41, 5.74) is 1.31. The molecular formula is C23H37N3O3. The van der Waals surface area contributed by atoms with E-state index in [0.29, 0.717) is 12.5 Å². The normalized spacial score (nSPS) is 15.0. The molecule has 0 spiro atoms. The van der Waals surface area contributed by atoms with Gasteiger partial charge in [-0.2, -0.15) is 5.26 Å². The number of nitrogens with zero attached hydrogens (tertiary/aromatic N) is 3. The third-order valence-corrected chi connectivity index (χ3v) is 3.99. The highest BCUT2D eigenvalue weighted by molar-refractivity contribution is 5.73. The predicted octanol–water partition coefficient (Wildman–Crippen LogP) is 4.80. The molecule has 0 atom stereocenters. The van der Waals surface area contributed by atoms with Crippen molar-refractivity contribution in [2.75, 3.05) is 19.7 Å². The molecule has 0 N–H and O–H groups in total. The predicted molar refractivity (Wildman–Crippen MR) is 115 cm³/mol. The highest BCUT2D eigenvalue weighted by Crippen LogP contribution is 2.17. The van der Waals surface area contributed by atoms with E-state index in [1.54, 1.807) is 6.20 Å². The summed E-state index contributed by atoms with van der Waals surface area (Å²) in [6.07, 6.45) is 12.2. The Balaban J connectivity index is 0.000000309. The van der Waals surface area contributed by atoms with E-state index in [0.717, 1.165) is 24.2 Å². The minimum atomic E-state index is -0.454. The Hall–Kier alpha value is -2.29. The maximum atomic E-state index is 11.7. The lowest BCUT2D eigenvalue weighted by atomic mass is 10.1. The van der Waals surface area contributed by atoms with E-state index in [1.807, 2.05) is 45.6 Å². The van der Waals surface area contributed by atoms with Crippen molar-refractivity contribution in [2.24, 2.45) is 0 Å². The minimum Gasteiger partial charge on any atom is -0.478 e. The van der Waals surface area contributed by atoms with Gasteiger partial charge in [-0.1, -0.05) is 19.3 Å². The number of carbonyl (C=O) groups excluding carboxylic acids is 1. The minimum absolute atomic E-state index is 0.234. The average molecular weight is 404 g/mol.